The smallest absolute Gasteiger partial charge is 0.211 e. The van der Waals surface area contributed by atoms with Crippen LogP contribution in [0.3, 0.4) is 0 Å². The van der Waals surface area contributed by atoms with Crippen molar-refractivity contribution in [3.8, 4) is 0 Å². The maximum Gasteiger partial charge on any atom is 0.235 e. The molecule has 0 heterocycles. The van der Waals surface area contributed by atoms with Crippen LogP contribution in [0.25, 0.3) is 0 Å². The van der Waals surface area contributed by atoms with Crippen molar-refractivity contribution in [1.82, 2.24) is 0 Å². The molecule has 1 aromatic rings. The van der Waals surface area contributed by atoms with Crippen LogP contribution in [0.2, 0.25) is 5.02 Å². The summed E-state index contributed by atoms with van der Waals surface area (Å²) in [5.74, 6) is 0.418. The molecule has 3 heteroatoms. The highest BCUT2D eigenvalue weighted by molar-refractivity contribution is 6.30. The van der Waals surface area contributed by atoms with Crippen molar-refractivity contribution in [2.45, 2.75) is 51.0 Å². The van der Waals surface area contributed by atoms with Crippen LogP contribution in [-0.2, 0) is 10.3 Å². The Labute approximate surface area is 113 Å². The SMILES string of the molecule is CC(C)c1cc(Cl)cc(C2(N=C=O)CCCC2)c1. The van der Waals surface area contributed by atoms with Crippen molar-refractivity contribution < 1.29 is 4.79 Å². The number of nitrogens with zero attached hydrogens (tertiary/aromatic N) is 1. The van der Waals surface area contributed by atoms with Gasteiger partial charge in [0.2, 0.25) is 6.08 Å². The van der Waals surface area contributed by atoms with Crippen LogP contribution < -0.4 is 0 Å². The second kappa shape index (κ2) is 5.26. The highest BCUT2D eigenvalue weighted by Gasteiger charge is 2.36. The minimum Gasteiger partial charge on any atom is -0.211 e. The molecule has 1 aliphatic carbocycles. The first-order valence-electron chi connectivity index (χ1n) is 6.47. The van der Waals surface area contributed by atoms with E-state index in [1.165, 1.54) is 5.56 Å². The molecule has 0 atom stereocenters. The van der Waals surface area contributed by atoms with E-state index < -0.39 is 0 Å². The number of hydrogen-bond donors (Lipinski definition) is 0. The fraction of sp³-hybridized carbons (Fsp3) is 0.533. The third-order valence-corrected chi connectivity index (χ3v) is 4.03. The lowest BCUT2D eigenvalue weighted by Crippen LogP contribution is -2.19. The van der Waals surface area contributed by atoms with Crippen molar-refractivity contribution in [2.75, 3.05) is 0 Å². The molecule has 0 unspecified atom stereocenters. The molecule has 0 amide bonds. The summed E-state index contributed by atoms with van der Waals surface area (Å²) in [6, 6.07) is 6.07. The topological polar surface area (TPSA) is 29.4 Å². The molecule has 1 saturated carbocycles. The minimum atomic E-state index is -0.379. The average Bonchev–Trinajstić information content (AvgIpc) is 2.78. The van der Waals surface area contributed by atoms with Crippen LogP contribution in [0, 0.1) is 0 Å². The van der Waals surface area contributed by atoms with Gasteiger partial charge in [0.25, 0.3) is 0 Å². The zero-order valence-electron chi connectivity index (χ0n) is 10.9. The molecule has 0 spiro atoms. The van der Waals surface area contributed by atoms with E-state index in [9.17, 15) is 4.79 Å². The van der Waals surface area contributed by atoms with Crippen molar-refractivity contribution in [1.29, 1.82) is 0 Å². The molecule has 0 aromatic heterocycles. The Hall–Kier alpha value is -1.11. The molecule has 18 heavy (non-hydrogen) atoms. The minimum absolute atomic E-state index is 0.379. The van der Waals surface area contributed by atoms with Crippen molar-refractivity contribution in [3.63, 3.8) is 0 Å². The quantitative estimate of drug-likeness (QED) is 0.580. The summed E-state index contributed by atoms with van der Waals surface area (Å²) in [6.45, 7) is 4.28. The molecule has 2 nitrogen and oxygen atoms in total. The van der Waals surface area contributed by atoms with E-state index in [1.807, 2.05) is 12.1 Å². The van der Waals surface area contributed by atoms with Gasteiger partial charge in [-0.05, 0) is 42.0 Å². The Kier molecular flexibility index (Phi) is 3.89. The molecule has 0 aliphatic heterocycles. The van der Waals surface area contributed by atoms with Crippen molar-refractivity contribution >= 4 is 17.7 Å². The lowest BCUT2D eigenvalue weighted by molar-refractivity contribution is 0.455. The third-order valence-electron chi connectivity index (χ3n) is 3.81. The molecule has 0 N–H and O–H groups in total. The van der Waals surface area contributed by atoms with Crippen LogP contribution in [0.15, 0.2) is 23.2 Å². The van der Waals surface area contributed by atoms with Crippen LogP contribution in [0.4, 0.5) is 0 Å². The van der Waals surface area contributed by atoms with Gasteiger partial charge < -0.3 is 0 Å². The summed E-state index contributed by atoms with van der Waals surface area (Å²) >= 11 is 6.19. The number of carbonyl (C=O) groups excluding carboxylic acids is 1. The Morgan fingerprint density at radius 2 is 1.94 bits per heavy atom. The predicted octanol–water partition coefficient (Wildman–Crippen LogP) is 4.57. The Bertz CT molecular complexity index is 483. The van der Waals surface area contributed by atoms with Gasteiger partial charge in [-0.2, -0.15) is 4.99 Å². The molecular weight excluding hydrogens is 246 g/mol. The van der Waals surface area contributed by atoms with E-state index in [0.717, 1.165) is 36.3 Å². The summed E-state index contributed by atoms with van der Waals surface area (Å²) in [4.78, 5) is 14.8. The lowest BCUT2D eigenvalue weighted by atomic mass is 9.86. The molecule has 2 rings (SSSR count). The fourth-order valence-electron chi connectivity index (χ4n) is 2.73. The van der Waals surface area contributed by atoms with Gasteiger partial charge in [0.15, 0.2) is 0 Å². The van der Waals surface area contributed by atoms with Crippen LogP contribution in [-0.4, -0.2) is 6.08 Å². The first-order valence-corrected chi connectivity index (χ1v) is 6.85. The maximum absolute atomic E-state index is 10.7. The number of aliphatic imine (C=N–C) groups is 1. The molecule has 0 saturated heterocycles. The van der Waals surface area contributed by atoms with Gasteiger partial charge in [-0.15, -0.1) is 0 Å². The van der Waals surface area contributed by atoms with Crippen LogP contribution >= 0.6 is 11.6 Å². The summed E-state index contributed by atoms with van der Waals surface area (Å²) in [5.41, 5.74) is 1.89. The normalized spacial score (nSPS) is 17.8. The van der Waals surface area contributed by atoms with Gasteiger partial charge in [-0.3, -0.25) is 0 Å². The summed E-state index contributed by atoms with van der Waals surface area (Å²) < 4.78 is 0. The molecule has 1 aromatic carbocycles. The second-order valence-corrected chi connectivity index (χ2v) is 5.81. The van der Waals surface area contributed by atoms with Gasteiger partial charge in [-0.1, -0.05) is 44.4 Å². The zero-order chi connectivity index (χ0) is 13.2. The summed E-state index contributed by atoms with van der Waals surface area (Å²) in [7, 11) is 0. The Morgan fingerprint density at radius 1 is 1.28 bits per heavy atom. The van der Waals surface area contributed by atoms with Gasteiger partial charge in [0, 0.05) is 5.02 Å². The number of benzene rings is 1. The molecule has 1 fully saturated rings. The molecule has 0 bridgehead atoms. The van der Waals surface area contributed by atoms with E-state index in [1.54, 1.807) is 6.08 Å². The number of halogens is 1. The first-order chi connectivity index (χ1) is 8.57. The van der Waals surface area contributed by atoms with E-state index in [4.69, 9.17) is 11.6 Å². The number of hydrogen-bond acceptors (Lipinski definition) is 2. The molecule has 96 valence electrons. The van der Waals surface area contributed by atoms with E-state index >= 15 is 0 Å². The van der Waals surface area contributed by atoms with E-state index in [2.05, 4.69) is 24.9 Å². The highest BCUT2D eigenvalue weighted by Crippen LogP contribution is 2.43. The lowest BCUT2D eigenvalue weighted by Gasteiger charge is -2.24. The summed E-state index contributed by atoms with van der Waals surface area (Å²) in [5, 5.41) is 0.726. The zero-order valence-corrected chi connectivity index (χ0v) is 11.6. The maximum atomic E-state index is 10.7. The Balaban J connectivity index is 2.51. The number of rotatable bonds is 3. The number of isocyanates is 1. The molecular formula is C15H18ClNO. The van der Waals surface area contributed by atoms with E-state index in [0.29, 0.717) is 5.92 Å². The fourth-order valence-corrected chi connectivity index (χ4v) is 2.97. The predicted molar refractivity (Wildman–Crippen MR) is 73.8 cm³/mol. The highest BCUT2D eigenvalue weighted by atomic mass is 35.5. The van der Waals surface area contributed by atoms with E-state index in [-0.39, 0.29) is 5.54 Å². The molecule has 0 radical (unpaired) electrons. The van der Waals surface area contributed by atoms with Gasteiger partial charge in [0.1, 0.15) is 0 Å². The Morgan fingerprint density at radius 3 is 2.50 bits per heavy atom. The monoisotopic (exact) mass is 263 g/mol. The first kappa shape index (κ1) is 13.3. The van der Waals surface area contributed by atoms with Crippen LogP contribution in [0.5, 0.6) is 0 Å². The van der Waals surface area contributed by atoms with Crippen LogP contribution in [0.1, 0.15) is 56.6 Å². The standard InChI is InChI=1S/C15H18ClNO/c1-11(2)12-7-13(9-14(16)8-12)15(17-10-18)5-3-4-6-15/h7-9,11H,3-6H2,1-2H3. The molecule has 1 aliphatic rings. The van der Waals surface area contributed by atoms with Crippen molar-refractivity contribution in [3.05, 3.63) is 34.3 Å². The average molecular weight is 264 g/mol. The van der Waals surface area contributed by atoms with Gasteiger partial charge >= 0.3 is 0 Å². The van der Waals surface area contributed by atoms with Crippen molar-refractivity contribution in [2.24, 2.45) is 4.99 Å². The van der Waals surface area contributed by atoms with Gasteiger partial charge in [0.05, 0.1) is 5.54 Å². The second-order valence-electron chi connectivity index (χ2n) is 5.37. The largest absolute Gasteiger partial charge is 0.235 e. The van der Waals surface area contributed by atoms with Gasteiger partial charge in [-0.25, -0.2) is 4.79 Å². The summed E-state index contributed by atoms with van der Waals surface area (Å²) in [6.07, 6.45) is 5.79. The third kappa shape index (κ3) is 2.50.